The lowest BCUT2D eigenvalue weighted by Crippen LogP contribution is -2.55. The van der Waals surface area contributed by atoms with Crippen molar-refractivity contribution in [1.82, 2.24) is 4.90 Å². The standard InChI is InChI=1S/C17H30N2O2/c1-7-19(13(2)3)17(4,12-18)11-14-8-9-15(20-5)16(10-14)21-6/h8-10,13H,7,11-12,18H2,1-6H3. The Kier molecular flexibility index (Phi) is 6.49. The van der Waals surface area contributed by atoms with Crippen LogP contribution in [-0.2, 0) is 6.42 Å². The highest BCUT2D eigenvalue weighted by Gasteiger charge is 2.31. The number of likely N-dealkylation sites (N-methyl/N-ethyl adjacent to an activating group) is 1. The smallest absolute Gasteiger partial charge is 0.160 e. The Balaban J connectivity index is 3.05. The lowest BCUT2D eigenvalue weighted by atomic mass is 9.89. The zero-order chi connectivity index (χ0) is 16.0. The molecule has 1 atom stereocenters. The van der Waals surface area contributed by atoms with Gasteiger partial charge in [0, 0.05) is 18.1 Å². The van der Waals surface area contributed by atoms with Crippen LogP contribution in [0.5, 0.6) is 11.5 Å². The van der Waals surface area contributed by atoms with E-state index in [0.717, 1.165) is 24.5 Å². The Labute approximate surface area is 129 Å². The molecule has 0 heterocycles. The van der Waals surface area contributed by atoms with Crippen molar-refractivity contribution in [3.63, 3.8) is 0 Å². The van der Waals surface area contributed by atoms with Crippen molar-refractivity contribution in [2.45, 2.75) is 45.7 Å². The first-order chi connectivity index (χ1) is 9.91. The van der Waals surface area contributed by atoms with Gasteiger partial charge >= 0.3 is 0 Å². The van der Waals surface area contributed by atoms with E-state index in [1.807, 2.05) is 12.1 Å². The van der Waals surface area contributed by atoms with Crippen molar-refractivity contribution >= 4 is 0 Å². The summed E-state index contributed by atoms with van der Waals surface area (Å²) in [5.41, 5.74) is 7.24. The van der Waals surface area contributed by atoms with Gasteiger partial charge in [-0.15, -0.1) is 0 Å². The zero-order valence-electron chi connectivity index (χ0n) is 14.3. The van der Waals surface area contributed by atoms with Gasteiger partial charge in [0.05, 0.1) is 14.2 Å². The van der Waals surface area contributed by atoms with E-state index in [4.69, 9.17) is 15.2 Å². The fourth-order valence-corrected chi connectivity index (χ4v) is 3.09. The first-order valence-corrected chi connectivity index (χ1v) is 7.59. The van der Waals surface area contributed by atoms with Crippen molar-refractivity contribution in [3.05, 3.63) is 23.8 Å². The Hall–Kier alpha value is -1.26. The molecule has 0 aliphatic heterocycles. The van der Waals surface area contributed by atoms with E-state index in [0.29, 0.717) is 12.6 Å². The van der Waals surface area contributed by atoms with Crippen molar-refractivity contribution in [1.29, 1.82) is 0 Å². The molecule has 2 N–H and O–H groups in total. The van der Waals surface area contributed by atoms with Crippen LogP contribution in [-0.4, -0.2) is 43.8 Å². The molecule has 120 valence electrons. The highest BCUT2D eigenvalue weighted by molar-refractivity contribution is 5.43. The second kappa shape index (κ2) is 7.66. The van der Waals surface area contributed by atoms with Crippen LogP contribution in [0, 0.1) is 0 Å². The SMILES string of the molecule is CCN(C(C)C)C(C)(CN)Cc1ccc(OC)c(OC)c1. The molecule has 1 unspecified atom stereocenters. The topological polar surface area (TPSA) is 47.7 Å². The van der Waals surface area contributed by atoms with Gasteiger partial charge in [-0.05, 0) is 51.4 Å². The Morgan fingerprint density at radius 1 is 1.19 bits per heavy atom. The molecular weight excluding hydrogens is 264 g/mol. The number of hydrogen-bond donors (Lipinski definition) is 1. The molecule has 0 fully saturated rings. The molecule has 0 aliphatic rings. The van der Waals surface area contributed by atoms with Gasteiger partial charge in [-0.3, -0.25) is 4.90 Å². The molecule has 0 spiro atoms. The molecule has 21 heavy (non-hydrogen) atoms. The van der Waals surface area contributed by atoms with E-state index >= 15 is 0 Å². The number of hydrogen-bond acceptors (Lipinski definition) is 4. The Morgan fingerprint density at radius 2 is 1.81 bits per heavy atom. The monoisotopic (exact) mass is 294 g/mol. The van der Waals surface area contributed by atoms with Crippen molar-refractivity contribution in [2.75, 3.05) is 27.3 Å². The molecule has 0 radical (unpaired) electrons. The van der Waals surface area contributed by atoms with Gasteiger partial charge in [0.15, 0.2) is 11.5 Å². The minimum absolute atomic E-state index is 0.0669. The largest absolute Gasteiger partial charge is 0.493 e. The molecule has 1 aromatic rings. The summed E-state index contributed by atoms with van der Waals surface area (Å²) < 4.78 is 10.7. The van der Waals surface area contributed by atoms with Crippen LogP contribution in [0.3, 0.4) is 0 Å². The highest BCUT2D eigenvalue weighted by atomic mass is 16.5. The summed E-state index contributed by atoms with van der Waals surface area (Å²) in [6.07, 6.45) is 0.885. The summed E-state index contributed by atoms with van der Waals surface area (Å²) in [7, 11) is 3.31. The van der Waals surface area contributed by atoms with Crippen molar-refractivity contribution in [2.24, 2.45) is 5.73 Å². The Morgan fingerprint density at radius 3 is 2.24 bits per heavy atom. The van der Waals surface area contributed by atoms with Crippen LogP contribution in [0.15, 0.2) is 18.2 Å². The van der Waals surface area contributed by atoms with E-state index in [1.165, 1.54) is 5.56 Å². The van der Waals surface area contributed by atoms with Gasteiger partial charge in [0.1, 0.15) is 0 Å². The molecule has 4 nitrogen and oxygen atoms in total. The summed E-state index contributed by atoms with van der Waals surface area (Å²) >= 11 is 0. The van der Waals surface area contributed by atoms with Crippen LogP contribution in [0.1, 0.15) is 33.3 Å². The van der Waals surface area contributed by atoms with Crippen molar-refractivity contribution in [3.8, 4) is 11.5 Å². The van der Waals surface area contributed by atoms with Gasteiger partial charge in [-0.1, -0.05) is 13.0 Å². The minimum Gasteiger partial charge on any atom is -0.493 e. The predicted octanol–water partition coefficient (Wildman–Crippen LogP) is 2.69. The number of nitrogens with two attached hydrogens (primary N) is 1. The predicted molar refractivity (Wildman–Crippen MR) is 88.2 cm³/mol. The fraction of sp³-hybridized carbons (Fsp3) is 0.647. The summed E-state index contributed by atoms with van der Waals surface area (Å²) in [5.74, 6) is 1.52. The van der Waals surface area contributed by atoms with Crippen molar-refractivity contribution < 1.29 is 9.47 Å². The average Bonchev–Trinajstić information content (AvgIpc) is 2.47. The molecule has 0 bridgehead atoms. The third kappa shape index (κ3) is 4.11. The van der Waals surface area contributed by atoms with E-state index in [-0.39, 0.29) is 5.54 Å². The lowest BCUT2D eigenvalue weighted by molar-refractivity contribution is 0.0822. The number of rotatable bonds is 8. The summed E-state index contributed by atoms with van der Waals surface area (Å²) in [6, 6.07) is 6.55. The normalized spacial score (nSPS) is 14.3. The second-order valence-electron chi connectivity index (χ2n) is 5.95. The van der Waals surface area contributed by atoms with E-state index in [9.17, 15) is 0 Å². The van der Waals surface area contributed by atoms with Crippen LogP contribution in [0.25, 0.3) is 0 Å². The molecule has 1 aromatic carbocycles. The van der Waals surface area contributed by atoms with E-state index < -0.39 is 0 Å². The van der Waals surface area contributed by atoms with Crippen LogP contribution >= 0.6 is 0 Å². The molecule has 0 aliphatic carbocycles. The maximum Gasteiger partial charge on any atom is 0.160 e. The molecule has 0 aromatic heterocycles. The lowest BCUT2D eigenvalue weighted by Gasteiger charge is -2.43. The quantitative estimate of drug-likeness (QED) is 0.801. The first-order valence-electron chi connectivity index (χ1n) is 7.59. The van der Waals surface area contributed by atoms with Crippen LogP contribution < -0.4 is 15.2 Å². The molecule has 1 rings (SSSR count). The van der Waals surface area contributed by atoms with Gasteiger partial charge in [0.2, 0.25) is 0 Å². The van der Waals surface area contributed by atoms with Gasteiger partial charge in [-0.2, -0.15) is 0 Å². The highest BCUT2D eigenvalue weighted by Crippen LogP contribution is 2.30. The third-order valence-corrected chi connectivity index (χ3v) is 4.13. The number of nitrogens with zero attached hydrogens (tertiary/aromatic N) is 1. The maximum atomic E-state index is 6.10. The fourth-order valence-electron chi connectivity index (χ4n) is 3.09. The van der Waals surface area contributed by atoms with Crippen LogP contribution in [0.2, 0.25) is 0 Å². The van der Waals surface area contributed by atoms with Gasteiger partial charge < -0.3 is 15.2 Å². The van der Waals surface area contributed by atoms with E-state index in [2.05, 4.69) is 38.7 Å². The zero-order valence-corrected chi connectivity index (χ0v) is 14.3. The third-order valence-electron chi connectivity index (χ3n) is 4.13. The van der Waals surface area contributed by atoms with Gasteiger partial charge in [-0.25, -0.2) is 0 Å². The molecular formula is C17H30N2O2. The number of benzene rings is 1. The first kappa shape index (κ1) is 17.8. The summed E-state index contributed by atoms with van der Waals surface area (Å²) in [5, 5.41) is 0. The number of ether oxygens (including phenoxy) is 2. The molecule has 4 heteroatoms. The Bertz CT molecular complexity index is 448. The molecule has 0 amide bonds. The van der Waals surface area contributed by atoms with Gasteiger partial charge in [0.25, 0.3) is 0 Å². The van der Waals surface area contributed by atoms with E-state index in [1.54, 1.807) is 14.2 Å². The summed E-state index contributed by atoms with van der Waals surface area (Å²) in [6.45, 7) is 10.4. The summed E-state index contributed by atoms with van der Waals surface area (Å²) in [4.78, 5) is 2.45. The maximum absolute atomic E-state index is 6.10. The minimum atomic E-state index is -0.0669. The van der Waals surface area contributed by atoms with Crippen LogP contribution in [0.4, 0.5) is 0 Å². The molecule has 0 saturated heterocycles. The average molecular weight is 294 g/mol. The second-order valence-corrected chi connectivity index (χ2v) is 5.95. The number of methoxy groups -OCH3 is 2. The molecule has 0 saturated carbocycles.